The Morgan fingerprint density at radius 1 is 1.00 bits per heavy atom. The molecule has 248 valence electrons. The van der Waals surface area contributed by atoms with Crippen molar-refractivity contribution >= 4 is 44.8 Å². The molecule has 0 spiro atoms. The largest absolute Gasteiger partial charge is 0.497 e. The number of nitrogens with one attached hydrogen (secondary N) is 2. The summed E-state index contributed by atoms with van der Waals surface area (Å²) in [4.78, 5) is 25.2. The zero-order valence-corrected chi connectivity index (χ0v) is 28.1. The van der Waals surface area contributed by atoms with E-state index in [0.29, 0.717) is 28.4 Å². The van der Waals surface area contributed by atoms with Gasteiger partial charge >= 0.3 is 0 Å². The monoisotopic (exact) mass is 671 g/mol. The van der Waals surface area contributed by atoms with Crippen molar-refractivity contribution in [3.63, 3.8) is 0 Å². The molecule has 0 aromatic heterocycles. The van der Waals surface area contributed by atoms with Crippen LogP contribution in [0.4, 0.5) is 11.4 Å². The van der Waals surface area contributed by atoms with Crippen molar-refractivity contribution in [2.24, 2.45) is 0 Å². The van der Waals surface area contributed by atoms with Gasteiger partial charge in [0.15, 0.2) is 0 Å². The number of halogens is 1. The number of hydrogen-bond donors (Lipinski definition) is 3. The maximum Gasteiger partial charge on any atom is 0.253 e. The first-order valence-electron chi connectivity index (χ1n) is 14.3. The number of carbonyl (C=O) groups is 2. The van der Waals surface area contributed by atoms with Gasteiger partial charge in [-0.3, -0.25) is 13.9 Å². The second-order valence-electron chi connectivity index (χ2n) is 10.3. The van der Waals surface area contributed by atoms with Crippen LogP contribution in [-0.4, -0.2) is 71.6 Å². The van der Waals surface area contributed by atoms with Crippen LogP contribution in [0.1, 0.15) is 27.9 Å². The Balaban J connectivity index is 0.000000562. The van der Waals surface area contributed by atoms with E-state index < -0.39 is 34.0 Å². The third kappa shape index (κ3) is 12.7. The number of allylic oxidation sites excluding steroid dienone is 2. The van der Waals surface area contributed by atoms with Crippen LogP contribution in [0.25, 0.3) is 0 Å². The van der Waals surface area contributed by atoms with E-state index in [1.54, 1.807) is 49.6 Å². The number of sulfonamides is 1. The lowest BCUT2D eigenvalue weighted by atomic mass is 10.1. The molecule has 3 aromatic carbocycles. The van der Waals surface area contributed by atoms with Gasteiger partial charge in [-0.1, -0.05) is 42.0 Å². The number of ether oxygens (including phenoxy) is 2. The van der Waals surface area contributed by atoms with Crippen molar-refractivity contribution in [3.05, 3.63) is 114 Å². The van der Waals surface area contributed by atoms with Crippen LogP contribution in [0.3, 0.4) is 0 Å². The highest BCUT2D eigenvalue weighted by atomic mass is 35.5. The van der Waals surface area contributed by atoms with Gasteiger partial charge in [0, 0.05) is 43.4 Å². The summed E-state index contributed by atoms with van der Waals surface area (Å²) in [7, 11) is 0.887. The molecular weight excluding hydrogens is 630 g/mol. The number of hydrogen-bond acceptors (Lipinski definition) is 7. The maximum atomic E-state index is 12.8. The van der Waals surface area contributed by atoms with Crippen molar-refractivity contribution < 1.29 is 32.6 Å². The Bertz CT molecular complexity index is 1600. The predicted octanol–water partition coefficient (Wildman–Crippen LogP) is 5.02. The van der Waals surface area contributed by atoms with E-state index in [1.807, 2.05) is 24.3 Å². The summed E-state index contributed by atoms with van der Waals surface area (Å²) in [6.45, 7) is 7.20. The number of carbonyl (C=O) groups excluding carboxylic acids is 2. The minimum absolute atomic E-state index is 0.0677. The Labute approximate surface area is 276 Å². The van der Waals surface area contributed by atoms with Gasteiger partial charge in [-0.05, 0) is 72.5 Å². The lowest BCUT2D eigenvalue weighted by Gasteiger charge is -2.20. The summed E-state index contributed by atoms with van der Waals surface area (Å²) in [6.07, 6.45) is 3.82. The highest BCUT2D eigenvalue weighted by Crippen LogP contribution is 2.22. The molecular formula is C34H42ClN3O7S. The van der Waals surface area contributed by atoms with Gasteiger partial charge in [0.1, 0.15) is 11.9 Å². The number of anilines is 2. The summed E-state index contributed by atoms with van der Waals surface area (Å²) in [5.41, 5.74) is 2.98. The molecule has 0 bridgehead atoms. The zero-order valence-electron chi connectivity index (χ0n) is 26.5. The first kappa shape index (κ1) is 38.0. The van der Waals surface area contributed by atoms with Gasteiger partial charge in [-0.15, -0.1) is 13.2 Å². The van der Waals surface area contributed by atoms with Gasteiger partial charge in [0.05, 0.1) is 25.2 Å². The normalized spacial score (nSPS) is 12.0. The number of amides is 2. The van der Waals surface area contributed by atoms with Crippen molar-refractivity contribution in [1.82, 2.24) is 5.32 Å². The van der Waals surface area contributed by atoms with Gasteiger partial charge in [-0.2, -0.15) is 0 Å². The van der Waals surface area contributed by atoms with Gasteiger partial charge in [0.25, 0.3) is 11.8 Å². The third-order valence-corrected chi connectivity index (χ3v) is 8.09. The van der Waals surface area contributed by atoms with Crippen molar-refractivity contribution in [1.29, 1.82) is 0 Å². The Kier molecular flexibility index (Phi) is 15.5. The molecule has 0 aliphatic rings. The van der Waals surface area contributed by atoms with Crippen molar-refractivity contribution in [2.75, 3.05) is 43.7 Å². The van der Waals surface area contributed by atoms with E-state index in [1.165, 1.54) is 25.8 Å². The van der Waals surface area contributed by atoms with Crippen LogP contribution >= 0.6 is 11.6 Å². The molecule has 0 saturated heterocycles. The summed E-state index contributed by atoms with van der Waals surface area (Å²) in [5.74, 6) is -0.0643. The molecule has 3 rings (SSSR count). The van der Waals surface area contributed by atoms with E-state index >= 15 is 0 Å². The second-order valence-corrected chi connectivity index (χ2v) is 12.7. The quantitative estimate of drug-likeness (QED) is 0.193. The van der Waals surface area contributed by atoms with Crippen LogP contribution in [-0.2, 0) is 32.4 Å². The minimum atomic E-state index is -3.53. The molecule has 0 aliphatic carbocycles. The molecule has 12 heteroatoms. The molecule has 0 radical (unpaired) electrons. The second kappa shape index (κ2) is 18.7. The highest BCUT2D eigenvalue weighted by Gasteiger charge is 2.23. The number of methoxy groups -OCH3 is 2. The first-order valence-corrected chi connectivity index (χ1v) is 16.5. The minimum Gasteiger partial charge on any atom is -0.497 e. The molecule has 0 saturated carbocycles. The fraction of sp³-hybridized carbons (Fsp3) is 0.294. The molecule has 0 aliphatic heterocycles. The van der Waals surface area contributed by atoms with Gasteiger partial charge in [0.2, 0.25) is 10.0 Å². The van der Waals surface area contributed by atoms with Crippen molar-refractivity contribution in [3.8, 4) is 5.75 Å². The van der Waals surface area contributed by atoms with E-state index in [9.17, 15) is 23.1 Å². The molecule has 2 atom stereocenters. The molecule has 10 nitrogen and oxygen atoms in total. The summed E-state index contributed by atoms with van der Waals surface area (Å²) in [5, 5.41) is 16.1. The standard InChI is InChI=1S/C24H30ClN3O6S.C10H12O/c1-5-7-16-10-17(12-20(11-16)28(2)35(4,32)33)23(30)26-15-21(29)14-22(34-3)24(31)27-19-9-6-8-18(25)13-19;1-3-5-9-6-4-7-10(8-9)11-2/h5-6,8-13,21-22,29H,1,7,14-15H2,2-4H3,(H,26,30)(H,27,31);3-4,6-8H,1,5H2,2H3/t21?,22-;/m1./s1. The molecule has 3 aromatic rings. The zero-order chi connectivity index (χ0) is 34.3. The number of aliphatic hydroxyl groups excluding tert-OH is 1. The fourth-order valence-corrected chi connectivity index (χ4v) is 4.85. The van der Waals surface area contributed by atoms with Crippen LogP contribution in [0.5, 0.6) is 5.75 Å². The number of benzene rings is 3. The highest BCUT2D eigenvalue weighted by molar-refractivity contribution is 7.92. The number of aliphatic hydroxyl groups is 1. The first-order chi connectivity index (χ1) is 21.8. The van der Waals surface area contributed by atoms with E-state index in [0.717, 1.165) is 22.7 Å². The van der Waals surface area contributed by atoms with E-state index in [-0.39, 0.29) is 18.5 Å². The maximum absolute atomic E-state index is 12.8. The SMILES string of the molecule is C=CCc1cc(C(=O)NCC(O)C[C@@H](OC)C(=O)Nc2cccc(Cl)c2)cc(N(C)S(C)(=O)=O)c1.C=CCc1cccc(OC)c1. The van der Waals surface area contributed by atoms with Crippen LogP contribution in [0.15, 0.2) is 92.0 Å². The lowest BCUT2D eigenvalue weighted by molar-refractivity contribution is -0.127. The summed E-state index contributed by atoms with van der Waals surface area (Å²) in [6, 6.07) is 19.3. The molecule has 2 amide bonds. The van der Waals surface area contributed by atoms with Crippen molar-refractivity contribution in [2.45, 2.75) is 31.5 Å². The number of rotatable bonds is 15. The van der Waals surface area contributed by atoms with E-state index in [4.69, 9.17) is 21.1 Å². The molecule has 0 fully saturated rings. The Morgan fingerprint density at radius 3 is 2.28 bits per heavy atom. The Hall–Kier alpha value is -4.16. The lowest BCUT2D eigenvalue weighted by Crippen LogP contribution is -2.38. The fourth-order valence-electron chi connectivity index (χ4n) is 4.17. The topological polar surface area (TPSA) is 134 Å². The molecule has 46 heavy (non-hydrogen) atoms. The van der Waals surface area contributed by atoms with Crippen LogP contribution in [0, 0.1) is 0 Å². The third-order valence-electron chi connectivity index (χ3n) is 6.65. The molecule has 1 unspecified atom stereocenters. The van der Waals surface area contributed by atoms with Crippen LogP contribution < -0.4 is 19.7 Å². The smallest absolute Gasteiger partial charge is 0.253 e. The average Bonchev–Trinajstić information content (AvgIpc) is 3.02. The summed E-state index contributed by atoms with van der Waals surface area (Å²) < 4.78 is 35.2. The van der Waals surface area contributed by atoms with Crippen LogP contribution in [0.2, 0.25) is 5.02 Å². The molecule has 3 N–H and O–H groups in total. The summed E-state index contributed by atoms with van der Waals surface area (Å²) >= 11 is 5.92. The molecule has 0 heterocycles. The van der Waals surface area contributed by atoms with Gasteiger partial charge < -0.3 is 25.2 Å². The Morgan fingerprint density at radius 2 is 1.67 bits per heavy atom. The predicted molar refractivity (Wildman–Crippen MR) is 184 cm³/mol. The van der Waals surface area contributed by atoms with Gasteiger partial charge in [-0.25, -0.2) is 8.42 Å². The van der Waals surface area contributed by atoms with E-state index in [2.05, 4.69) is 29.9 Å². The number of nitrogens with zero attached hydrogens (tertiary/aromatic N) is 1. The average molecular weight is 672 g/mol.